The standard InChI is InChI=1S/C14H27FN2/c1-11(2)16-13-5-3-4-6-14(13)17-9-7-12(15)8-10-17/h11-14,16H,3-10H2,1-2H3/t13-,14-/m0/s1. The zero-order valence-electron chi connectivity index (χ0n) is 11.3. The van der Waals surface area contributed by atoms with E-state index in [1.54, 1.807) is 0 Å². The molecule has 0 aromatic carbocycles. The molecule has 100 valence electrons. The fourth-order valence-corrected chi connectivity index (χ4v) is 3.37. The van der Waals surface area contributed by atoms with Crippen LogP contribution in [0, 0.1) is 0 Å². The van der Waals surface area contributed by atoms with Crippen molar-refractivity contribution in [3.8, 4) is 0 Å². The van der Waals surface area contributed by atoms with Crippen molar-refractivity contribution in [3.63, 3.8) is 0 Å². The minimum Gasteiger partial charge on any atom is -0.310 e. The van der Waals surface area contributed by atoms with Crippen LogP contribution in [0.2, 0.25) is 0 Å². The van der Waals surface area contributed by atoms with Gasteiger partial charge in [0.1, 0.15) is 6.17 Å². The summed E-state index contributed by atoms with van der Waals surface area (Å²) in [5, 5.41) is 3.70. The lowest BCUT2D eigenvalue weighted by atomic mass is 9.87. The van der Waals surface area contributed by atoms with E-state index in [4.69, 9.17) is 0 Å². The molecule has 0 unspecified atom stereocenters. The van der Waals surface area contributed by atoms with Crippen molar-refractivity contribution in [2.75, 3.05) is 13.1 Å². The Morgan fingerprint density at radius 2 is 1.71 bits per heavy atom. The Morgan fingerprint density at radius 3 is 2.35 bits per heavy atom. The van der Waals surface area contributed by atoms with Gasteiger partial charge in [-0.2, -0.15) is 0 Å². The highest BCUT2D eigenvalue weighted by Crippen LogP contribution is 2.26. The number of nitrogens with zero attached hydrogens (tertiary/aromatic N) is 1. The van der Waals surface area contributed by atoms with E-state index in [2.05, 4.69) is 24.1 Å². The van der Waals surface area contributed by atoms with E-state index < -0.39 is 6.17 Å². The Balaban J connectivity index is 1.91. The molecule has 3 heteroatoms. The molecule has 0 aromatic heterocycles. The molecule has 0 radical (unpaired) electrons. The van der Waals surface area contributed by atoms with Gasteiger partial charge in [-0.1, -0.05) is 26.7 Å². The summed E-state index contributed by atoms with van der Waals surface area (Å²) in [6.45, 7) is 6.36. The van der Waals surface area contributed by atoms with Gasteiger partial charge in [-0.05, 0) is 25.7 Å². The first-order valence-electron chi connectivity index (χ1n) is 7.31. The molecule has 1 aliphatic carbocycles. The molecule has 1 N–H and O–H groups in total. The van der Waals surface area contributed by atoms with Crippen LogP contribution in [0.15, 0.2) is 0 Å². The van der Waals surface area contributed by atoms with E-state index in [1.165, 1.54) is 25.7 Å². The van der Waals surface area contributed by atoms with Crippen LogP contribution in [0.1, 0.15) is 52.4 Å². The summed E-state index contributed by atoms with van der Waals surface area (Å²) in [5.41, 5.74) is 0. The lowest BCUT2D eigenvalue weighted by molar-refractivity contribution is 0.0693. The lowest BCUT2D eigenvalue weighted by Crippen LogP contribution is -2.55. The van der Waals surface area contributed by atoms with E-state index in [1.807, 2.05) is 0 Å². The summed E-state index contributed by atoms with van der Waals surface area (Å²) in [5.74, 6) is 0. The van der Waals surface area contributed by atoms with Crippen LogP contribution >= 0.6 is 0 Å². The number of hydrogen-bond acceptors (Lipinski definition) is 2. The topological polar surface area (TPSA) is 15.3 Å². The Labute approximate surface area is 105 Å². The van der Waals surface area contributed by atoms with Gasteiger partial charge in [-0.25, -0.2) is 4.39 Å². The molecule has 2 rings (SSSR count). The van der Waals surface area contributed by atoms with Crippen LogP contribution in [-0.4, -0.2) is 42.3 Å². The van der Waals surface area contributed by atoms with Crippen molar-refractivity contribution in [2.45, 2.75) is 76.7 Å². The van der Waals surface area contributed by atoms with Crippen molar-refractivity contribution in [3.05, 3.63) is 0 Å². The number of hydrogen-bond donors (Lipinski definition) is 1. The smallest absolute Gasteiger partial charge is 0.103 e. The molecule has 0 bridgehead atoms. The maximum atomic E-state index is 13.2. The van der Waals surface area contributed by atoms with Gasteiger partial charge >= 0.3 is 0 Å². The quantitative estimate of drug-likeness (QED) is 0.818. The zero-order valence-corrected chi connectivity index (χ0v) is 11.3. The molecule has 0 amide bonds. The van der Waals surface area contributed by atoms with Gasteiger partial charge in [-0.3, -0.25) is 4.90 Å². The zero-order chi connectivity index (χ0) is 12.3. The van der Waals surface area contributed by atoms with Crippen LogP contribution in [0.5, 0.6) is 0 Å². The van der Waals surface area contributed by atoms with Gasteiger partial charge in [0.2, 0.25) is 0 Å². The Kier molecular flexibility index (Phi) is 4.80. The molecule has 0 aromatic rings. The highest BCUT2D eigenvalue weighted by Gasteiger charge is 2.32. The Hall–Kier alpha value is -0.150. The molecule has 17 heavy (non-hydrogen) atoms. The Morgan fingerprint density at radius 1 is 1.06 bits per heavy atom. The second kappa shape index (κ2) is 6.14. The van der Waals surface area contributed by atoms with E-state index in [-0.39, 0.29) is 0 Å². The third-order valence-corrected chi connectivity index (χ3v) is 4.20. The van der Waals surface area contributed by atoms with Crippen molar-refractivity contribution in [1.29, 1.82) is 0 Å². The molecule has 2 atom stereocenters. The summed E-state index contributed by atoms with van der Waals surface area (Å²) < 4.78 is 13.2. The first-order chi connectivity index (χ1) is 8.16. The molecular weight excluding hydrogens is 215 g/mol. The predicted octanol–water partition coefficient (Wildman–Crippen LogP) is 2.73. The van der Waals surface area contributed by atoms with Crippen molar-refractivity contribution < 1.29 is 4.39 Å². The average molecular weight is 242 g/mol. The van der Waals surface area contributed by atoms with E-state index in [0.29, 0.717) is 18.1 Å². The van der Waals surface area contributed by atoms with E-state index in [0.717, 1.165) is 25.9 Å². The van der Waals surface area contributed by atoms with Crippen molar-refractivity contribution in [1.82, 2.24) is 10.2 Å². The minimum atomic E-state index is -0.550. The van der Waals surface area contributed by atoms with Gasteiger partial charge in [0.05, 0.1) is 0 Å². The van der Waals surface area contributed by atoms with Gasteiger partial charge in [0.15, 0.2) is 0 Å². The number of alkyl halides is 1. The Bertz CT molecular complexity index is 224. The molecule has 1 saturated heterocycles. The second-order valence-electron chi connectivity index (χ2n) is 5.99. The summed E-state index contributed by atoms with van der Waals surface area (Å²) in [7, 11) is 0. The van der Waals surface area contributed by atoms with Crippen LogP contribution < -0.4 is 5.32 Å². The van der Waals surface area contributed by atoms with Gasteiger partial charge < -0.3 is 5.32 Å². The lowest BCUT2D eigenvalue weighted by Gasteiger charge is -2.43. The minimum absolute atomic E-state index is 0.550. The third kappa shape index (κ3) is 3.65. The summed E-state index contributed by atoms with van der Waals surface area (Å²) in [4.78, 5) is 2.54. The third-order valence-electron chi connectivity index (χ3n) is 4.20. The van der Waals surface area contributed by atoms with Crippen LogP contribution in [0.3, 0.4) is 0 Å². The molecule has 0 spiro atoms. The molecule has 2 fully saturated rings. The largest absolute Gasteiger partial charge is 0.310 e. The van der Waals surface area contributed by atoms with Gasteiger partial charge in [-0.15, -0.1) is 0 Å². The number of halogens is 1. The number of nitrogens with one attached hydrogen (secondary N) is 1. The maximum absolute atomic E-state index is 13.2. The number of piperidine rings is 1. The monoisotopic (exact) mass is 242 g/mol. The van der Waals surface area contributed by atoms with Crippen LogP contribution in [0.4, 0.5) is 4.39 Å². The molecule has 1 saturated carbocycles. The summed E-state index contributed by atoms with van der Waals surface area (Å²) in [6.07, 6.45) is 6.21. The van der Waals surface area contributed by atoms with E-state index in [9.17, 15) is 4.39 Å². The fourth-order valence-electron chi connectivity index (χ4n) is 3.37. The second-order valence-corrected chi connectivity index (χ2v) is 5.99. The van der Waals surface area contributed by atoms with Gasteiger partial charge in [0, 0.05) is 31.2 Å². The molecule has 2 aliphatic rings. The SMILES string of the molecule is CC(C)N[C@H]1CCCC[C@@H]1N1CCC(F)CC1. The molecule has 1 aliphatic heterocycles. The highest BCUT2D eigenvalue weighted by molar-refractivity contribution is 4.90. The maximum Gasteiger partial charge on any atom is 0.103 e. The average Bonchev–Trinajstić information content (AvgIpc) is 2.30. The van der Waals surface area contributed by atoms with Crippen LogP contribution in [0.25, 0.3) is 0 Å². The van der Waals surface area contributed by atoms with E-state index >= 15 is 0 Å². The fraction of sp³-hybridized carbons (Fsp3) is 1.00. The normalized spacial score (nSPS) is 33.2. The van der Waals surface area contributed by atoms with Gasteiger partial charge in [0.25, 0.3) is 0 Å². The first kappa shape index (κ1) is 13.3. The summed E-state index contributed by atoms with van der Waals surface area (Å²) >= 11 is 0. The predicted molar refractivity (Wildman–Crippen MR) is 70.0 cm³/mol. The molecular formula is C14H27FN2. The van der Waals surface area contributed by atoms with Crippen LogP contribution in [-0.2, 0) is 0 Å². The molecule has 1 heterocycles. The number of rotatable bonds is 3. The number of likely N-dealkylation sites (tertiary alicyclic amines) is 1. The first-order valence-corrected chi connectivity index (χ1v) is 7.31. The molecule has 2 nitrogen and oxygen atoms in total. The van der Waals surface area contributed by atoms with Crippen molar-refractivity contribution in [2.24, 2.45) is 0 Å². The van der Waals surface area contributed by atoms with Crippen molar-refractivity contribution >= 4 is 0 Å². The summed E-state index contributed by atoms with van der Waals surface area (Å²) in [6, 6.07) is 1.83. The highest BCUT2D eigenvalue weighted by atomic mass is 19.1.